The first-order chi connectivity index (χ1) is 15.1. The summed E-state index contributed by atoms with van der Waals surface area (Å²) in [7, 11) is 1.62. The first kappa shape index (κ1) is 22.7. The second kappa shape index (κ2) is 11.4. The highest BCUT2D eigenvalue weighted by Crippen LogP contribution is 2.33. The third-order valence-corrected chi connectivity index (χ3v) is 5.18. The van der Waals surface area contributed by atoms with E-state index in [1.807, 2.05) is 42.5 Å². The van der Waals surface area contributed by atoms with Gasteiger partial charge in [0.05, 0.1) is 19.8 Å². The van der Waals surface area contributed by atoms with Crippen molar-refractivity contribution in [3.05, 3.63) is 53.6 Å². The van der Waals surface area contributed by atoms with Crippen LogP contribution in [0.4, 0.5) is 4.79 Å². The van der Waals surface area contributed by atoms with Crippen molar-refractivity contribution in [3.63, 3.8) is 0 Å². The number of nitrogens with two attached hydrogens (primary N) is 1. The first-order valence-corrected chi connectivity index (χ1v) is 10.5. The second-order valence-corrected chi connectivity index (χ2v) is 7.51. The van der Waals surface area contributed by atoms with Crippen LogP contribution in [0.15, 0.2) is 42.5 Å². The summed E-state index contributed by atoms with van der Waals surface area (Å²) < 4.78 is 16.1. The number of ether oxygens (including phenoxy) is 3. The zero-order valence-electron chi connectivity index (χ0n) is 17.9. The van der Waals surface area contributed by atoms with E-state index >= 15 is 0 Å². The van der Waals surface area contributed by atoms with E-state index in [1.54, 1.807) is 12.0 Å². The molecule has 1 aliphatic rings. The lowest BCUT2D eigenvalue weighted by molar-refractivity contribution is 0.172. The monoisotopic (exact) mass is 429 g/mol. The van der Waals surface area contributed by atoms with Gasteiger partial charge in [-0.25, -0.2) is 4.79 Å². The molecule has 0 saturated heterocycles. The predicted molar refractivity (Wildman–Crippen MR) is 117 cm³/mol. The highest BCUT2D eigenvalue weighted by atomic mass is 16.7. The molecule has 2 amide bonds. The molecule has 0 spiro atoms. The van der Waals surface area contributed by atoms with Crippen molar-refractivity contribution in [2.45, 2.75) is 38.4 Å². The number of hydrogen-bond acceptors (Lipinski definition) is 6. The van der Waals surface area contributed by atoms with Gasteiger partial charge in [-0.15, -0.1) is 0 Å². The molecule has 0 aromatic heterocycles. The minimum Gasteiger partial charge on any atom is -0.497 e. The Morgan fingerprint density at radius 2 is 1.84 bits per heavy atom. The molecule has 168 valence electrons. The van der Waals surface area contributed by atoms with Crippen molar-refractivity contribution in [1.29, 1.82) is 0 Å². The maximum Gasteiger partial charge on any atom is 0.318 e. The normalized spacial score (nSPS) is 13.0. The van der Waals surface area contributed by atoms with Gasteiger partial charge in [-0.1, -0.05) is 24.6 Å². The number of benzene rings is 2. The van der Waals surface area contributed by atoms with E-state index < -0.39 is 0 Å². The van der Waals surface area contributed by atoms with E-state index in [0.29, 0.717) is 37.6 Å². The summed E-state index contributed by atoms with van der Waals surface area (Å²) >= 11 is 0. The summed E-state index contributed by atoms with van der Waals surface area (Å²) in [5, 5.41) is 12.6. The topological polar surface area (TPSA) is 106 Å². The fourth-order valence-corrected chi connectivity index (χ4v) is 3.42. The number of aliphatic hydroxyl groups is 1. The Morgan fingerprint density at radius 1 is 1.13 bits per heavy atom. The van der Waals surface area contributed by atoms with E-state index in [2.05, 4.69) is 5.32 Å². The number of methoxy groups -OCH3 is 1. The number of aliphatic hydroxyl groups excluding tert-OH is 1. The molecule has 4 N–H and O–H groups in total. The van der Waals surface area contributed by atoms with E-state index in [4.69, 9.17) is 19.9 Å². The number of nitrogens with zero attached hydrogens (tertiary/aromatic N) is 1. The number of carbonyl (C=O) groups is 1. The Labute approximate surface area is 182 Å². The van der Waals surface area contributed by atoms with Gasteiger partial charge in [-0.2, -0.15) is 0 Å². The summed E-state index contributed by atoms with van der Waals surface area (Å²) in [6.07, 6.45) is 2.39. The highest BCUT2D eigenvalue weighted by molar-refractivity contribution is 5.74. The van der Waals surface area contributed by atoms with Crippen LogP contribution in [0.25, 0.3) is 0 Å². The standard InChI is InChI=1S/C23H31N3O5/c1-29-20-8-5-17(6-9-20)13-26(23(28)25-19(15-27)4-2-3-11-24)14-18-7-10-21-22(12-18)31-16-30-21/h5-10,12,19,27H,2-4,11,13-16,24H2,1H3,(H,25,28). The molecule has 0 radical (unpaired) electrons. The van der Waals surface area contributed by atoms with E-state index in [-0.39, 0.29) is 25.5 Å². The maximum absolute atomic E-state index is 13.1. The molecule has 1 aliphatic heterocycles. The molecule has 1 unspecified atom stereocenters. The van der Waals surface area contributed by atoms with Gasteiger partial charge in [0, 0.05) is 13.1 Å². The predicted octanol–water partition coefficient (Wildman–Crippen LogP) is 2.63. The van der Waals surface area contributed by atoms with Crippen LogP contribution >= 0.6 is 0 Å². The van der Waals surface area contributed by atoms with E-state index in [9.17, 15) is 9.90 Å². The Morgan fingerprint density at radius 3 is 2.55 bits per heavy atom. The molecule has 2 aromatic rings. The summed E-state index contributed by atoms with van der Waals surface area (Å²) in [5.74, 6) is 2.14. The zero-order valence-corrected chi connectivity index (χ0v) is 17.9. The van der Waals surface area contributed by atoms with Gasteiger partial charge in [0.25, 0.3) is 0 Å². The minimum absolute atomic E-state index is 0.114. The van der Waals surface area contributed by atoms with Crippen molar-refractivity contribution in [1.82, 2.24) is 10.2 Å². The molecular formula is C23H31N3O5. The van der Waals surface area contributed by atoms with Gasteiger partial charge >= 0.3 is 6.03 Å². The average Bonchev–Trinajstić information content (AvgIpc) is 3.26. The Bertz CT molecular complexity index is 844. The number of unbranched alkanes of at least 4 members (excludes halogenated alkanes) is 1. The SMILES string of the molecule is COc1ccc(CN(Cc2ccc3c(c2)OCO3)C(=O)NC(CO)CCCCN)cc1. The van der Waals surface area contributed by atoms with Crippen LogP contribution in [0.1, 0.15) is 30.4 Å². The number of fused-ring (bicyclic) bond motifs is 1. The van der Waals surface area contributed by atoms with Crippen LogP contribution < -0.4 is 25.3 Å². The zero-order chi connectivity index (χ0) is 22.1. The van der Waals surface area contributed by atoms with Crippen LogP contribution in [-0.4, -0.2) is 49.1 Å². The van der Waals surface area contributed by atoms with Crippen molar-refractivity contribution >= 4 is 6.03 Å². The smallest absolute Gasteiger partial charge is 0.318 e. The fourth-order valence-electron chi connectivity index (χ4n) is 3.42. The summed E-state index contributed by atoms with van der Waals surface area (Å²) in [6.45, 7) is 1.48. The Balaban J connectivity index is 1.72. The molecule has 0 bridgehead atoms. The van der Waals surface area contributed by atoms with Crippen molar-refractivity contribution < 1.29 is 24.1 Å². The third kappa shape index (κ3) is 6.50. The van der Waals surface area contributed by atoms with Crippen LogP contribution in [0.3, 0.4) is 0 Å². The quantitative estimate of drug-likeness (QED) is 0.474. The van der Waals surface area contributed by atoms with Crippen LogP contribution in [0.5, 0.6) is 17.2 Å². The summed E-state index contributed by atoms with van der Waals surface area (Å²) in [6, 6.07) is 12.7. The largest absolute Gasteiger partial charge is 0.497 e. The van der Waals surface area contributed by atoms with Crippen molar-refractivity contribution in [2.24, 2.45) is 5.73 Å². The summed E-state index contributed by atoms with van der Waals surface area (Å²) in [4.78, 5) is 14.8. The average molecular weight is 430 g/mol. The number of rotatable bonds is 11. The lowest BCUT2D eigenvalue weighted by Crippen LogP contribution is -2.45. The third-order valence-electron chi connectivity index (χ3n) is 5.18. The molecule has 8 heteroatoms. The van der Waals surface area contributed by atoms with Crippen LogP contribution in [-0.2, 0) is 13.1 Å². The van der Waals surface area contributed by atoms with Gasteiger partial charge < -0.3 is 35.3 Å². The molecule has 2 aromatic carbocycles. The van der Waals surface area contributed by atoms with E-state index in [1.165, 1.54) is 0 Å². The van der Waals surface area contributed by atoms with Gasteiger partial charge in [0.1, 0.15) is 5.75 Å². The highest BCUT2D eigenvalue weighted by Gasteiger charge is 2.20. The lowest BCUT2D eigenvalue weighted by Gasteiger charge is -2.26. The Hall–Kier alpha value is -2.97. The maximum atomic E-state index is 13.1. The Kier molecular flexibility index (Phi) is 8.37. The van der Waals surface area contributed by atoms with Gasteiger partial charge in [0.15, 0.2) is 11.5 Å². The van der Waals surface area contributed by atoms with Crippen molar-refractivity contribution in [3.8, 4) is 17.2 Å². The number of nitrogens with one attached hydrogen (secondary N) is 1. The second-order valence-electron chi connectivity index (χ2n) is 7.51. The van der Waals surface area contributed by atoms with E-state index in [0.717, 1.165) is 29.7 Å². The minimum atomic E-state index is -0.311. The molecule has 1 atom stereocenters. The lowest BCUT2D eigenvalue weighted by atomic mass is 10.1. The number of amides is 2. The molecular weight excluding hydrogens is 398 g/mol. The summed E-state index contributed by atoms with van der Waals surface area (Å²) in [5.41, 5.74) is 7.45. The first-order valence-electron chi connectivity index (χ1n) is 10.5. The molecule has 1 heterocycles. The van der Waals surface area contributed by atoms with Gasteiger partial charge in [0.2, 0.25) is 6.79 Å². The fraction of sp³-hybridized carbons (Fsp3) is 0.435. The molecule has 0 fully saturated rings. The van der Waals surface area contributed by atoms with Gasteiger partial charge in [-0.05, 0) is 54.8 Å². The van der Waals surface area contributed by atoms with Gasteiger partial charge in [-0.3, -0.25) is 0 Å². The molecule has 31 heavy (non-hydrogen) atoms. The molecule has 0 saturated carbocycles. The number of carbonyl (C=O) groups excluding carboxylic acids is 1. The van der Waals surface area contributed by atoms with Crippen LogP contribution in [0, 0.1) is 0 Å². The number of urea groups is 1. The van der Waals surface area contributed by atoms with Crippen molar-refractivity contribution in [2.75, 3.05) is 27.1 Å². The number of hydrogen-bond donors (Lipinski definition) is 3. The van der Waals surface area contributed by atoms with Crippen LogP contribution in [0.2, 0.25) is 0 Å². The molecule has 3 rings (SSSR count). The molecule has 0 aliphatic carbocycles. The molecule has 8 nitrogen and oxygen atoms in total.